The summed E-state index contributed by atoms with van der Waals surface area (Å²) in [7, 11) is 0. The van der Waals surface area contributed by atoms with Gasteiger partial charge in [-0.1, -0.05) is 13.3 Å². The van der Waals surface area contributed by atoms with Crippen molar-refractivity contribution in [2.45, 2.75) is 26.7 Å². The van der Waals surface area contributed by atoms with Gasteiger partial charge >= 0.3 is 0 Å². The van der Waals surface area contributed by atoms with E-state index >= 15 is 0 Å². The maximum absolute atomic E-state index is 9.22. The Balaban J connectivity index is 2.27. The molecule has 1 aliphatic rings. The Morgan fingerprint density at radius 3 is 2.50 bits per heavy atom. The lowest BCUT2D eigenvalue weighted by Gasteiger charge is -2.23. The second-order valence-electron chi connectivity index (χ2n) is 6.63. The van der Waals surface area contributed by atoms with Crippen molar-refractivity contribution in [1.29, 1.82) is 5.41 Å². The maximum atomic E-state index is 9.22. The van der Waals surface area contributed by atoms with E-state index in [2.05, 4.69) is 11.9 Å². The molecule has 0 radical (unpaired) electrons. The minimum Gasteiger partial charge on any atom is -0.491 e. The van der Waals surface area contributed by atoms with E-state index in [1.54, 1.807) is 12.2 Å². The van der Waals surface area contributed by atoms with Crippen molar-refractivity contribution in [2.24, 2.45) is 10.7 Å². The Kier molecular flexibility index (Phi) is 8.22. The summed E-state index contributed by atoms with van der Waals surface area (Å²) in [4.78, 5) is 6.57. The van der Waals surface area contributed by atoms with Crippen LogP contribution in [0.5, 0.6) is 0 Å². The monoisotopic (exact) mass is 386 g/mol. The van der Waals surface area contributed by atoms with Gasteiger partial charge in [0.05, 0.1) is 42.6 Å². The fraction of sp³-hybridized carbons (Fsp3) is 0.429. The molecule has 0 saturated heterocycles. The minimum absolute atomic E-state index is 0.0159. The molecule has 0 amide bonds. The van der Waals surface area contributed by atoms with Crippen LogP contribution in [0.1, 0.15) is 25.3 Å². The van der Waals surface area contributed by atoms with Crippen molar-refractivity contribution in [2.75, 3.05) is 37.8 Å². The van der Waals surface area contributed by atoms with E-state index in [1.165, 1.54) is 0 Å². The van der Waals surface area contributed by atoms with E-state index < -0.39 is 0 Å². The first kappa shape index (κ1) is 21.7. The van der Waals surface area contributed by atoms with Gasteiger partial charge in [0, 0.05) is 24.9 Å². The van der Waals surface area contributed by atoms with Crippen LogP contribution in [0.15, 0.2) is 46.8 Å². The largest absolute Gasteiger partial charge is 0.491 e. The number of aliphatic hydroxyl groups excluding tert-OH is 2. The van der Waals surface area contributed by atoms with E-state index in [0.29, 0.717) is 36.9 Å². The number of hydrogen-bond acceptors (Lipinski definition) is 7. The van der Waals surface area contributed by atoms with Crippen LogP contribution in [0.4, 0.5) is 11.4 Å². The summed E-state index contributed by atoms with van der Waals surface area (Å²) in [5, 5.41) is 26.5. The number of aryl methyl sites for hydroxylation is 1. The van der Waals surface area contributed by atoms with E-state index in [9.17, 15) is 10.2 Å². The molecule has 0 bridgehead atoms. The molecular weight excluding hydrogens is 356 g/mol. The molecule has 0 fully saturated rings. The molecule has 7 nitrogen and oxygen atoms in total. The molecule has 0 unspecified atom stereocenters. The number of benzene rings is 1. The fourth-order valence-corrected chi connectivity index (χ4v) is 2.83. The smallest absolute Gasteiger partial charge is 0.146 e. The highest BCUT2D eigenvalue weighted by Crippen LogP contribution is 2.26. The highest BCUT2D eigenvalue weighted by Gasteiger charge is 2.16. The second kappa shape index (κ2) is 10.6. The Morgan fingerprint density at radius 2 is 1.89 bits per heavy atom. The van der Waals surface area contributed by atoms with Crippen molar-refractivity contribution in [3.05, 3.63) is 47.4 Å². The number of ether oxygens (including phenoxy) is 1. The van der Waals surface area contributed by atoms with Crippen molar-refractivity contribution < 1.29 is 14.9 Å². The van der Waals surface area contributed by atoms with Gasteiger partial charge in [0.2, 0.25) is 0 Å². The lowest BCUT2D eigenvalue weighted by atomic mass is 10.1. The zero-order chi connectivity index (χ0) is 20.5. The first-order valence-electron chi connectivity index (χ1n) is 9.57. The zero-order valence-electron chi connectivity index (χ0n) is 16.6. The van der Waals surface area contributed by atoms with Crippen LogP contribution in [0.2, 0.25) is 0 Å². The molecule has 1 aromatic carbocycles. The summed E-state index contributed by atoms with van der Waals surface area (Å²) in [6.45, 7) is 5.53. The number of aliphatic hydroxyl groups is 2. The molecule has 0 saturated carbocycles. The van der Waals surface area contributed by atoms with Crippen LogP contribution in [0.3, 0.4) is 0 Å². The van der Waals surface area contributed by atoms with Gasteiger partial charge < -0.3 is 25.6 Å². The lowest BCUT2D eigenvalue weighted by molar-refractivity contribution is 0.226. The van der Waals surface area contributed by atoms with Gasteiger partial charge in [-0.2, -0.15) is 0 Å². The molecule has 7 heteroatoms. The average Bonchev–Trinajstić information content (AvgIpc) is 2.66. The topological polar surface area (TPSA) is 115 Å². The summed E-state index contributed by atoms with van der Waals surface area (Å²) in [6, 6.07) is 5.76. The molecule has 152 valence electrons. The number of nitrogens with zero attached hydrogens (tertiary/aromatic N) is 2. The number of hydrogen-bond donors (Lipinski definition) is 4. The van der Waals surface area contributed by atoms with Gasteiger partial charge in [-0.25, -0.2) is 4.99 Å². The van der Waals surface area contributed by atoms with E-state index in [-0.39, 0.29) is 18.9 Å². The molecule has 1 aromatic rings. The molecule has 1 aliphatic carbocycles. The standard InChI is InChI=1S/C21H30N4O3/c1-3-4-11-28-21-14-20(17(22)13-18(21)23)24-19-6-5-16(12-15(19)2)25(7-9-26)8-10-27/h5-6,12-14,23,26-27H,3-4,7-11,22H2,1-2H3. The Hall–Kier alpha value is -2.64. The maximum Gasteiger partial charge on any atom is 0.146 e. The summed E-state index contributed by atoms with van der Waals surface area (Å²) in [5.74, 6) is 0.479. The summed E-state index contributed by atoms with van der Waals surface area (Å²) in [6.07, 6.45) is 5.22. The van der Waals surface area contributed by atoms with Gasteiger partial charge in [-0.3, -0.25) is 5.41 Å². The first-order chi connectivity index (χ1) is 13.5. The molecule has 28 heavy (non-hydrogen) atoms. The lowest BCUT2D eigenvalue weighted by Crippen LogP contribution is -2.29. The normalized spacial score (nSPS) is 15.4. The predicted molar refractivity (Wildman–Crippen MR) is 114 cm³/mol. The van der Waals surface area contributed by atoms with Crippen LogP contribution in [-0.2, 0) is 4.74 Å². The van der Waals surface area contributed by atoms with Crippen molar-refractivity contribution in [3.63, 3.8) is 0 Å². The highest BCUT2D eigenvalue weighted by atomic mass is 16.5. The van der Waals surface area contributed by atoms with E-state index in [0.717, 1.165) is 29.8 Å². The van der Waals surface area contributed by atoms with Crippen molar-refractivity contribution in [1.82, 2.24) is 0 Å². The number of nitrogens with two attached hydrogens (primary N) is 1. The Bertz CT molecular complexity index is 778. The highest BCUT2D eigenvalue weighted by molar-refractivity contribution is 6.22. The summed E-state index contributed by atoms with van der Waals surface area (Å²) in [5.41, 5.74) is 9.94. The molecule has 2 rings (SSSR count). The molecule has 0 heterocycles. The molecule has 5 N–H and O–H groups in total. The quantitative estimate of drug-likeness (QED) is 0.364. The molecule has 0 atom stereocenters. The van der Waals surface area contributed by atoms with Crippen LogP contribution < -0.4 is 10.6 Å². The number of nitrogens with one attached hydrogen (secondary N) is 1. The van der Waals surface area contributed by atoms with E-state index in [1.807, 2.05) is 30.0 Å². The number of rotatable bonds is 10. The zero-order valence-corrected chi connectivity index (χ0v) is 16.6. The van der Waals surface area contributed by atoms with Gasteiger partial charge in [-0.15, -0.1) is 0 Å². The Labute approximate surface area is 166 Å². The van der Waals surface area contributed by atoms with Crippen molar-refractivity contribution >= 4 is 22.8 Å². The van der Waals surface area contributed by atoms with Gasteiger partial charge in [0.15, 0.2) is 0 Å². The SMILES string of the molecule is CCCCOC1=CC(=Nc2ccc(N(CCO)CCO)cc2C)C(N)=CC1=N. The molecule has 0 aliphatic heterocycles. The Morgan fingerprint density at radius 1 is 1.18 bits per heavy atom. The van der Waals surface area contributed by atoms with Gasteiger partial charge in [0.25, 0.3) is 0 Å². The van der Waals surface area contributed by atoms with Crippen LogP contribution in [-0.4, -0.2) is 54.5 Å². The number of aliphatic imine (C=N–C) groups is 1. The third-order valence-corrected chi connectivity index (χ3v) is 4.41. The van der Waals surface area contributed by atoms with Gasteiger partial charge in [0.1, 0.15) is 5.76 Å². The number of unbranched alkanes of at least 4 members (excludes halogenated alkanes) is 1. The van der Waals surface area contributed by atoms with Crippen LogP contribution in [0.25, 0.3) is 0 Å². The average molecular weight is 386 g/mol. The number of anilines is 1. The van der Waals surface area contributed by atoms with Crippen LogP contribution in [0, 0.1) is 12.3 Å². The molecular formula is C21H30N4O3. The second-order valence-corrected chi connectivity index (χ2v) is 6.63. The van der Waals surface area contributed by atoms with Crippen molar-refractivity contribution in [3.8, 4) is 0 Å². The predicted octanol–water partition coefficient (Wildman–Crippen LogP) is 2.44. The molecule has 0 aromatic heterocycles. The third kappa shape index (κ3) is 5.68. The fourth-order valence-electron chi connectivity index (χ4n) is 2.83. The summed E-state index contributed by atoms with van der Waals surface area (Å²) < 4.78 is 5.69. The van der Waals surface area contributed by atoms with Crippen LogP contribution >= 0.6 is 0 Å². The van der Waals surface area contributed by atoms with Gasteiger partial charge in [-0.05, 0) is 43.2 Å². The first-order valence-corrected chi connectivity index (χ1v) is 9.57. The minimum atomic E-state index is 0.0159. The molecule has 0 spiro atoms. The third-order valence-electron chi connectivity index (χ3n) is 4.41. The number of allylic oxidation sites excluding steroid dienone is 2. The summed E-state index contributed by atoms with van der Waals surface area (Å²) >= 11 is 0. The van der Waals surface area contributed by atoms with E-state index in [4.69, 9.17) is 15.9 Å².